The molecule has 0 amide bonds. The highest BCUT2D eigenvalue weighted by Gasteiger charge is 2.42. The predicted molar refractivity (Wildman–Crippen MR) is 79.0 cm³/mol. The number of benzene rings is 1. The lowest BCUT2D eigenvalue weighted by molar-refractivity contribution is -0.146. The molecule has 0 bridgehead atoms. The van der Waals surface area contributed by atoms with Crippen molar-refractivity contribution in [2.24, 2.45) is 0 Å². The molecule has 0 saturated carbocycles. The molecule has 0 atom stereocenters. The largest absolute Gasteiger partial charge is 0.481 e. The predicted octanol–water partition coefficient (Wildman–Crippen LogP) is 2.90. The van der Waals surface area contributed by atoms with Crippen LogP contribution in [0.5, 0.6) is 0 Å². The number of nitrogens with zero attached hydrogens (tertiary/aromatic N) is 1. The van der Waals surface area contributed by atoms with Gasteiger partial charge < -0.3 is 9.52 Å². The summed E-state index contributed by atoms with van der Waals surface area (Å²) in [6.45, 7) is 2.39. The number of aliphatic carboxylic acids is 1. The van der Waals surface area contributed by atoms with Crippen LogP contribution >= 0.6 is 0 Å². The molecule has 1 aliphatic heterocycles. The summed E-state index contributed by atoms with van der Waals surface area (Å²) in [5, 5.41) is 9.75. The third-order valence-corrected chi connectivity index (χ3v) is 4.43. The fourth-order valence-electron chi connectivity index (χ4n) is 3.12. The summed E-state index contributed by atoms with van der Waals surface area (Å²) in [7, 11) is 0. The number of hydrogen-bond acceptors (Lipinski definition) is 3. The summed E-state index contributed by atoms with van der Waals surface area (Å²) >= 11 is 0. The van der Waals surface area contributed by atoms with E-state index in [2.05, 4.69) is 4.90 Å². The molecule has 1 N–H and O–H groups in total. The summed E-state index contributed by atoms with van der Waals surface area (Å²) in [5.41, 5.74) is 1.31. The highest BCUT2D eigenvalue weighted by molar-refractivity contribution is 5.81. The Morgan fingerprint density at radius 2 is 1.90 bits per heavy atom. The Labute approximate surface area is 124 Å². The van der Waals surface area contributed by atoms with Crippen LogP contribution in [0.3, 0.4) is 0 Å². The van der Waals surface area contributed by atoms with Crippen LogP contribution in [0.4, 0.5) is 0 Å². The van der Waals surface area contributed by atoms with Crippen LogP contribution in [0, 0.1) is 0 Å². The van der Waals surface area contributed by atoms with Gasteiger partial charge >= 0.3 is 5.97 Å². The van der Waals surface area contributed by atoms with Gasteiger partial charge in [-0.15, -0.1) is 0 Å². The average Bonchev–Trinajstić information content (AvgIpc) is 3.02. The molecule has 1 aromatic heterocycles. The molecule has 1 fully saturated rings. The maximum absolute atomic E-state index is 11.9. The fraction of sp³-hybridized carbons (Fsp3) is 0.353. The second kappa shape index (κ2) is 5.74. The van der Waals surface area contributed by atoms with E-state index < -0.39 is 11.4 Å². The summed E-state index contributed by atoms with van der Waals surface area (Å²) in [6, 6.07) is 11.6. The second-order valence-corrected chi connectivity index (χ2v) is 5.66. The zero-order valence-corrected chi connectivity index (χ0v) is 11.9. The monoisotopic (exact) mass is 285 g/mol. The number of likely N-dealkylation sites (tertiary alicyclic amines) is 1. The normalized spacial score (nSPS) is 18.5. The molecule has 0 spiro atoms. The molecule has 3 rings (SSSR count). The molecule has 21 heavy (non-hydrogen) atoms. The molecule has 1 saturated heterocycles. The third kappa shape index (κ3) is 2.72. The Kier molecular flexibility index (Phi) is 3.80. The lowest BCUT2D eigenvalue weighted by Crippen LogP contribution is -2.47. The molecule has 1 aromatic carbocycles. The number of carboxylic acid groups (broad SMARTS) is 1. The van der Waals surface area contributed by atoms with Crippen LogP contribution in [0.15, 0.2) is 53.3 Å². The minimum atomic E-state index is -0.742. The van der Waals surface area contributed by atoms with E-state index in [1.165, 1.54) is 0 Å². The number of carbonyl (C=O) groups is 1. The molecule has 0 aliphatic carbocycles. The minimum Gasteiger partial charge on any atom is -0.481 e. The van der Waals surface area contributed by atoms with E-state index in [0.717, 1.165) is 30.8 Å². The number of hydrogen-bond donors (Lipinski definition) is 1. The maximum Gasteiger partial charge on any atom is 0.314 e. The topological polar surface area (TPSA) is 53.7 Å². The molecule has 2 aromatic rings. The quantitative estimate of drug-likeness (QED) is 0.938. The molecular formula is C17H19NO3. The lowest BCUT2D eigenvalue weighted by Gasteiger charge is -2.39. The van der Waals surface area contributed by atoms with Crippen LogP contribution < -0.4 is 0 Å². The van der Waals surface area contributed by atoms with Crippen LogP contribution in [0.1, 0.15) is 24.0 Å². The molecule has 2 heterocycles. The van der Waals surface area contributed by atoms with Crippen molar-refractivity contribution in [1.82, 2.24) is 4.90 Å². The van der Waals surface area contributed by atoms with Gasteiger partial charge in [0.25, 0.3) is 0 Å². The van der Waals surface area contributed by atoms with Crippen LogP contribution in [0.2, 0.25) is 0 Å². The Balaban J connectivity index is 1.73. The number of carboxylic acids is 1. The second-order valence-electron chi connectivity index (χ2n) is 5.66. The highest BCUT2D eigenvalue weighted by atomic mass is 16.4. The summed E-state index contributed by atoms with van der Waals surface area (Å²) in [6.07, 6.45) is 4.70. The smallest absolute Gasteiger partial charge is 0.314 e. The van der Waals surface area contributed by atoms with Gasteiger partial charge in [0.15, 0.2) is 0 Å². The van der Waals surface area contributed by atoms with E-state index in [0.29, 0.717) is 12.8 Å². The van der Waals surface area contributed by atoms with Crippen molar-refractivity contribution >= 4 is 5.97 Å². The maximum atomic E-state index is 11.9. The van der Waals surface area contributed by atoms with E-state index in [9.17, 15) is 9.90 Å². The SMILES string of the molecule is O=C(O)C1(c2ccccc2)CCN(Cc2ccoc2)CC1. The first kappa shape index (κ1) is 13.9. The Morgan fingerprint density at radius 3 is 2.48 bits per heavy atom. The highest BCUT2D eigenvalue weighted by Crippen LogP contribution is 2.36. The number of piperidine rings is 1. The Hall–Kier alpha value is -2.07. The Morgan fingerprint density at radius 1 is 1.19 bits per heavy atom. The van der Waals surface area contributed by atoms with Crippen molar-refractivity contribution in [3.63, 3.8) is 0 Å². The molecular weight excluding hydrogens is 266 g/mol. The van der Waals surface area contributed by atoms with Gasteiger partial charge in [-0.1, -0.05) is 30.3 Å². The van der Waals surface area contributed by atoms with E-state index in [-0.39, 0.29) is 0 Å². The lowest BCUT2D eigenvalue weighted by atomic mass is 9.73. The van der Waals surface area contributed by atoms with E-state index in [1.807, 2.05) is 36.4 Å². The van der Waals surface area contributed by atoms with Gasteiger partial charge in [0.2, 0.25) is 0 Å². The Bertz CT molecular complexity index is 584. The first-order valence-corrected chi connectivity index (χ1v) is 7.23. The third-order valence-electron chi connectivity index (χ3n) is 4.43. The van der Waals surface area contributed by atoms with Gasteiger partial charge in [-0.25, -0.2) is 0 Å². The number of rotatable bonds is 4. The van der Waals surface area contributed by atoms with Crippen molar-refractivity contribution in [2.75, 3.05) is 13.1 Å². The summed E-state index contributed by atoms with van der Waals surface area (Å²) in [4.78, 5) is 14.2. The van der Waals surface area contributed by atoms with Crippen LogP contribution in [-0.2, 0) is 16.8 Å². The summed E-state index contributed by atoms with van der Waals surface area (Å²) < 4.78 is 5.08. The average molecular weight is 285 g/mol. The minimum absolute atomic E-state index is 0.643. The van der Waals surface area contributed by atoms with E-state index in [1.54, 1.807) is 12.5 Å². The molecule has 110 valence electrons. The fourth-order valence-corrected chi connectivity index (χ4v) is 3.12. The number of furan rings is 1. The van der Waals surface area contributed by atoms with Gasteiger partial charge in [0, 0.05) is 12.1 Å². The van der Waals surface area contributed by atoms with Gasteiger partial charge in [-0.2, -0.15) is 0 Å². The first-order chi connectivity index (χ1) is 10.2. The summed E-state index contributed by atoms with van der Waals surface area (Å²) in [5.74, 6) is -0.711. The zero-order chi connectivity index (χ0) is 14.7. The van der Waals surface area contributed by atoms with Crippen LogP contribution in [0.25, 0.3) is 0 Å². The first-order valence-electron chi connectivity index (χ1n) is 7.23. The van der Waals surface area contributed by atoms with E-state index in [4.69, 9.17) is 4.42 Å². The molecule has 4 heteroatoms. The van der Waals surface area contributed by atoms with Gasteiger partial charge in [0.05, 0.1) is 17.9 Å². The van der Waals surface area contributed by atoms with Gasteiger partial charge in [-0.3, -0.25) is 9.69 Å². The van der Waals surface area contributed by atoms with Gasteiger partial charge in [0.1, 0.15) is 0 Å². The van der Waals surface area contributed by atoms with Crippen molar-refractivity contribution in [3.8, 4) is 0 Å². The van der Waals surface area contributed by atoms with Crippen molar-refractivity contribution in [2.45, 2.75) is 24.8 Å². The molecule has 0 unspecified atom stereocenters. The van der Waals surface area contributed by atoms with Crippen molar-refractivity contribution in [1.29, 1.82) is 0 Å². The molecule has 4 nitrogen and oxygen atoms in total. The molecule has 0 radical (unpaired) electrons. The van der Waals surface area contributed by atoms with Crippen LogP contribution in [-0.4, -0.2) is 29.1 Å². The molecule has 1 aliphatic rings. The van der Waals surface area contributed by atoms with E-state index >= 15 is 0 Å². The van der Waals surface area contributed by atoms with Crippen molar-refractivity contribution in [3.05, 3.63) is 60.1 Å². The van der Waals surface area contributed by atoms with Crippen molar-refractivity contribution < 1.29 is 14.3 Å². The zero-order valence-electron chi connectivity index (χ0n) is 11.9. The van der Waals surface area contributed by atoms with Gasteiger partial charge in [-0.05, 0) is 37.6 Å². The standard InChI is InChI=1S/C17H19NO3/c19-16(20)17(15-4-2-1-3-5-15)7-9-18(10-8-17)12-14-6-11-21-13-14/h1-6,11,13H,7-10,12H2,(H,19,20).